The summed E-state index contributed by atoms with van der Waals surface area (Å²) in [7, 11) is -3.68. The Labute approximate surface area is 161 Å². The molecule has 1 aliphatic heterocycles. The van der Waals surface area contributed by atoms with Crippen molar-refractivity contribution in [3.05, 3.63) is 46.3 Å². The van der Waals surface area contributed by atoms with Gasteiger partial charge in [0, 0.05) is 18.1 Å². The van der Waals surface area contributed by atoms with Crippen LogP contribution in [0.2, 0.25) is 5.02 Å². The maximum absolute atomic E-state index is 12.8. The first-order valence-corrected chi connectivity index (χ1v) is 10.7. The second kappa shape index (κ2) is 7.76. The standard InChI is InChI=1S/C17H16ClN3O3S2/c18-14-3-5-15(6-4-14)26(23,24)21-8-1-2-13(11-21)16(22)20-17-12(10-19)7-9-25-17/h3-7,9,13H,1-2,8,11H2,(H,20,22). The van der Waals surface area contributed by atoms with Gasteiger partial charge >= 0.3 is 0 Å². The zero-order valence-corrected chi connectivity index (χ0v) is 16.1. The molecule has 1 aliphatic rings. The van der Waals surface area contributed by atoms with E-state index in [9.17, 15) is 13.2 Å². The average Bonchev–Trinajstić information content (AvgIpc) is 3.09. The van der Waals surface area contributed by atoms with E-state index in [2.05, 4.69) is 5.32 Å². The number of hydrogen-bond acceptors (Lipinski definition) is 5. The number of hydrogen-bond donors (Lipinski definition) is 1. The fraction of sp³-hybridized carbons (Fsp3) is 0.294. The lowest BCUT2D eigenvalue weighted by atomic mass is 9.99. The van der Waals surface area contributed by atoms with Gasteiger partial charge in [-0.15, -0.1) is 11.3 Å². The Morgan fingerprint density at radius 2 is 2.04 bits per heavy atom. The van der Waals surface area contributed by atoms with E-state index in [0.717, 1.165) is 0 Å². The van der Waals surface area contributed by atoms with Crippen molar-refractivity contribution in [2.45, 2.75) is 17.7 Å². The quantitative estimate of drug-likeness (QED) is 0.838. The van der Waals surface area contributed by atoms with Gasteiger partial charge in [0.25, 0.3) is 0 Å². The lowest BCUT2D eigenvalue weighted by molar-refractivity contribution is -0.120. The molecular weight excluding hydrogens is 394 g/mol. The molecule has 2 heterocycles. The molecule has 136 valence electrons. The number of benzene rings is 1. The summed E-state index contributed by atoms with van der Waals surface area (Å²) in [6, 6.07) is 9.65. The van der Waals surface area contributed by atoms with Crippen molar-refractivity contribution in [1.82, 2.24) is 4.31 Å². The van der Waals surface area contributed by atoms with E-state index in [-0.39, 0.29) is 17.3 Å². The first-order valence-electron chi connectivity index (χ1n) is 7.96. The molecule has 0 bridgehead atoms. The van der Waals surface area contributed by atoms with Gasteiger partial charge in [0.2, 0.25) is 15.9 Å². The Kier molecular flexibility index (Phi) is 5.63. The molecule has 0 spiro atoms. The third kappa shape index (κ3) is 3.91. The number of rotatable bonds is 4. The van der Waals surface area contributed by atoms with E-state index in [4.69, 9.17) is 16.9 Å². The number of piperidine rings is 1. The van der Waals surface area contributed by atoms with Gasteiger partial charge < -0.3 is 5.32 Å². The molecule has 1 fully saturated rings. The summed E-state index contributed by atoms with van der Waals surface area (Å²) in [5, 5.41) is 14.5. The zero-order chi connectivity index (χ0) is 18.7. The van der Waals surface area contributed by atoms with Crippen LogP contribution in [-0.4, -0.2) is 31.7 Å². The van der Waals surface area contributed by atoms with Crippen molar-refractivity contribution in [1.29, 1.82) is 5.26 Å². The summed E-state index contributed by atoms with van der Waals surface area (Å²) in [5.74, 6) is -0.723. The van der Waals surface area contributed by atoms with Crippen LogP contribution in [0, 0.1) is 17.2 Å². The van der Waals surface area contributed by atoms with E-state index < -0.39 is 15.9 Å². The van der Waals surface area contributed by atoms with Crippen molar-refractivity contribution in [2.75, 3.05) is 18.4 Å². The van der Waals surface area contributed by atoms with E-state index >= 15 is 0 Å². The maximum Gasteiger partial charge on any atom is 0.243 e. The van der Waals surface area contributed by atoms with Crippen molar-refractivity contribution < 1.29 is 13.2 Å². The molecule has 2 aromatic rings. The minimum absolute atomic E-state index is 0.115. The summed E-state index contributed by atoms with van der Waals surface area (Å²) >= 11 is 7.09. The topological polar surface area (TPSA) is 90.3 Å². The number of anilines is 1. The zero-order valence-electron chi connectivity index (χ0n) is 13.7. The molecular formula is C17H16ClN3O3S2. The minimum Gasteiger partial charge on any atom is -0.316 e. The molecule has 1 amide bonds. The Morgan fingerprint density at radius 3 is 2.73 bits per heavy atom. The SMILES string of the molecule is N#Cc1ccsc1NC(=O)C1CCCN(S(=O)(=O)c2ccc(Cl)cc2)C1. The van der Waals surface area contributed by atoms with Gasteiger partial charge in [0.05, 0.1) is 16.4 Å². The molecule has 1 aromatic carbocycles. The molecule has 1 aromatic heterocycles. The fourth-order valence-electron chi connectivity index (χ4n) is 2.84. The molecule has 3 rings (SSSR count). The van der Waals surface area contributed by atoms with E-state index in [1.807, 2.05) is 6.07 Å². The highest BCUT2D eigenvalue weighted by Gasteiger charge is 2.33. The molecule has 1 atom stereocenters. The molecule has 26 heavy (non-hydrogen) atoms. The first kappa shape index (κ1) is 18.9. The van der Waals surface area contributed by atoms with Gasteiger partial charge in [-0.1, -0.05) is 11.6 Å². The van der Waals surface area contributed by atoms with Crippen LogP contribution in [0.5, 0.6) is 0 Å². The van der Waals surface area contributed by atoms with Crippen LogP contribution < -0.4 is 5.32 Å². The maximum atomic E-state index is 12.8. The third-order valence-electron chi connectivity index (χ3n) is 4.23. The van der Waals surface area contributed by atoms with Crippen molar-refractivity contribution in [3.8, 4) is 6.07 Å². The number of amides is 1. The van der Waals surface area contributed by atoms with E-state index in [1.54, 1.807) is 11.4 Å². The highest BCUT2D eigenvalue weighted by molar-refractivity contribution is 7.89. The van der Waals surface area contributed by atoms with Crippen molar-refractivity contribution in [3.63, 3.8) is 0 Å². The lowest BCUT2D eigenvalue weighted by Gasteiger charge is -2.31. The monoisotopic (exact) mass is 409 g/mol. The van der Waals surface area contributed by atoms with Crippen LogP contribution in [0.15, 0.2) is 40.6 Å². The molecule has 0 aliphatic carbocycles. The van der Waals surface area contributed by atoms with Gasteiger partial charge in [0.1, 0.15) is 11.1 Å². The molecule has 1 saturated heterocycles. The number of sulfonamides is 1. The Hall–Kier alpha value is -1.92. The number of carbonyl (C=O) groups is 1. The summed E-state index contributed by atoms with van der Waals surface area (Å²) in [6.07, 6.45) is 1.20. The number of nitrogens with one attached hydrogen (secondary N) is 1. The highest BCUT2D eigenvalue weighted by atomic mass is 35.5. The van der Waals surface area contributed by atoms with Gasteiger partial charge in [-0.3, -0.25) is 4.79 Å². The fourth-order valence-corrected chi connectivity index (χ4v) is 5.23. The lowest BCUT2D eigenvalue weighted by Crippen LogP contribution is -2.43. The summed E-state index contributed by atoms with van der Waals surface area (Å²) in [4.78, 5) is 12.7. The first-order chi connectivity index (χ1) is 12.4. The Morgan fingerprint density at radius 1 is 1.31 bits per heavy atom. The molecule has 6 nitrogen and oxygen atoms in total. The average molecular weight is 410 g/mol. The van der Waals surface area contributed by atoms with E-state index in [0.29, 0.717) is 35.0 Å². The minimum atomic E-state index is -3.68. The number of nitriles is 1. The molecule has 9 heteroatoms. The van der Waals surface area contributed by atoms with Crippen LogP contribution in [0.25, 0.3) is 0 Å². The summed E-state index contributed by atoms with van der Waals surface area (Å²) < 4.78 is 26.9. The predicted molar refractivity (Wildman–Crippen MR) is 101 cm³/mol. The molecule has 1 N–H and O–H groups in total. The van der Waals surface area contributed by atoms with Crippen molar-refractivity contribution >= 4 is 43.9 Å². The molecule has 0 saturated carbocycles. The second-order valence-corrected chi connectivity index (χ2v) is 9.21. The smallest absolute Gasteiger partial charge is 0.243 e. The molecule has 1 unspecified atom stereocenters. The number of halogens is 1. The van der Waals surface area contributed by atoms with Crippen LogP contribution >= 0.6 is 22.9 Å². The predicted octanol–water partition coefficient (Wildman–Crippen LogP) is 3.31. The number of nitrogens with zero attached hydrogens (tertiary/aromatic N) is 2. The highest BCUT2D eigenvalue weighted by Crippen LogP contribution is 2.27. The second-order valence-electron chi connectivity index (χ2n) is 5.92. The van der Waals surface area contributed by atoms with Crippen LogP contribution in [0.1, 0.15) is 18.4 Å². The number of thiophene rings is 1. The summed E-state index contributed by atoms with van der Waals surface area (Å²) in [6.45, 7) is 0.487. The molecule has 0 radical (unpaired) electrons. The normalized spacial score (nSPS) is 18.2. The number of carbonyl (C=O) groups excluding carboxylic acids is 1. The van der Waals surface area contributed by atoms with Crippen LogP contribution in [0.3, 0.4) is 0 Å². The Bertz CT molecular complexity index is 948. The van der Waals surface area contributed by atoms with E-state index in [1.165, 1.54) is 39.9 Å². The van der Waals surface area contributed by atoms with Gasteiger partial charge in [-0.25, -0.2) is 8.42 Å². The van der Waals surface area contributed by atoms with Crippen LogP contribution in [-0.2, 0) is 14.8 Å². The van der Waals surface area contributed by atoms with Gasteiger partial charge in [-0.2, -0.15) is 9.57 Å². The third-order valence-corrected chi connectivity index (χ3v) is 7.19. The summed E-state index contributed by atoms with van der Waals surface area (Å²) in [5.41, 5.74) is 0.407. The van der Waals surface area contributed by atoms with Gasteiger partial charge in [0.15, 0.2) is 0 Å². The van der Waals surface area contributed by atoms with Gasteiger partial charge in [-0.05, 0) is 48.6 Å². The largest absolute Gasteiger partial charge is 0.316 e. The van der Waals surface area contributed by atoms with Crippen molar-refractivity contribution in [2.24, 2.45) is 5.92 Å². The Balaban J connectivity index is 1.73. The van der Waals surface area contributed by atoms with Crippen LogP contribution in [0.4, 0.5) is 5.00 Å².